The van der Waals surface area contributed by atoms with Crippen molar-refractivity contribution in [2.45, 2.75) is 76.1 Å². The summed E-state index contributed by atoms with van der Waals surface area (Å²) < 4.78 is 18.3. The Bertz CT molecular complexity index is 765. The highest BCUT2D eigenvalue weighted by Gasteiger charge is 2.56. The van der Waals surface area contributed by atoms with Gasteiger partial charge in [0.2, 0.25) is 0 Å². The topological polar surface area (TPSA) is 54.5 Å². The number of hydrogen-bond donors (Lipinski definition) is 0. The Labute approximate surface area is 179 Å². The van der Waals surface area contributed by atoms with Crippen LogP contribution in [0.2, 0.25) is 0 Å². The number of amides is 1. The highest BCUT2D eigenvalue weighted by atomic mass is 16.6. The largest absolute Gasteiger partial charge is 0.444 e. The summed E-state index contributed by atoms with van der Waals surface area (Å²) in [7, 11) is 0. The molecule has 4 fully saturated rings. The lowest BCUT2D eigenvalue weighted by Crippen LogP contribution is -2.54. The number of hydrogen-bond acceptors (Lipinski definition) is 5. The van der Waals surface area contributed by atoms with Crippen molar-refractivity contribution in [2.24, 2.45) is 5.92 Å². The average Bonchev–Trinajstić information content (AvgIpc) is 3.64. The van der Waals surface area contributed by atoms with E-state index in [1.807, 2.05) is 25.7 Å². The molecule has 5 rings (SSSR count). The molecule has 3 unspecified atom stereocenters. The maximum absolute atomic E-state index is 12.4. The number of nitrogens with zero attached hydrogens (tertiary/aromatic N) is 2. The van der Waals surface area contributed by atoms with Gasteiger partial charge in [-0.05, 0) is 57.9 Å². The van der Waals surface area contributed by atoms with E-state index in [0.29, 0.717) is 5.92 Å². The van der Waals surface area contributed by atoms with E-state index in [4.69, 9.17) is 14.2 Å². The fourth-order valence-electron chi connectivity index (χ4n) is 4.96. The van der Waals surface area contributed by atoms with Crippen LogP contribution in [0.1, 0.15) is 58.1 Å². The van der Waals surface area contributed by atoms with Gasteiger partial charge in [0.15, 0.2) is 0 Å². The van der Waals surface area contributed by atoms with Gasteiger partial charge in [0, 0.05) is 26.2 Å². The zero-order valence-corrected chi connectivity index (χ0v) is 18.4. The molecule has 6 nitrogen and oxygen atoms in total. The van der Waals surface area contributed by atoms with Crippen molar-refractivity contribution in [1.29, 1.82) is 0 Å². The highest BCUT2D eigenvalue weighted by molar-refractivity contribution is 5.68. The van der Waals surface area contributed by atoms with Gasteiger partial charge in [-0.3, -0.25) is 4.90 Å². The zero-order chi connectivity index (χ0) is 20.9. The summed E-state index contributed by atoms with van der Waals surface area (Å²) in [6.45, 7) is 9.15. The third kappa shape index (κ3) is 4.36. The van der Waals surface area contributed by atoms with E-state index in [1.165, 1.54) is 5.56 Å². The molecule has 0 radical (unpaired) electrons. The Morgan fingerprint density at radius 2 is 1.83 bits per heavy atom. The molecule has 30 heavy (non-hydrogen) atoms. The number of carbonyl (C=O) groups excluding carboxylic acids is 1. The van der Waals surface area contributed by atoms with Crippen LogP contribution in [0.15, 0.2) is 30.3 Å². The lowest BCUT2D eigenvalue weighted by atomic mass is 9.89. The van der Waals surface area contributed by atoms with Crippen LogP contribution in [0.5, 0.6) is 0 Å². The molecule has 3 heterocycles. The first-order valence-electron chi connectivity index (χ1n) is 11.4. The molecule has 1 aromatic carbocycles. The monoisotopic (exact) mass is 414 g/mol. The van der Waals surface area contributed by atoms with Gasteiger partial charge >= 0.3 is 6.09 Å². The predicted molar refractivity (Wildman–Crippen MR) is 113 cm³/mol. The van der Waals surface area contributed by atoms with Crippen LogP contribution >= 0.6 is 0 Å². The van der Waals surface area contributed by atoms with Crippen molar-refractivity contribution in [3.63, 3.8) is 0 Å². The quantitative estimate of drug-likeness (QED) is 0.701. The Morgan fingerprint density at radius 1 is 1.13 bits per heavy atom. The van der Waals surface area contributed by atoms with E-state index in [-0.39, 0.29) is 30.1 Å². The van der Waals surface area contributed by atoms with Crippen molar-refractivity contribution < 1.29 is 19.0 Å². The molecule has 1 aromatic rings. The first-order chi connectivity index (χ1) is 14.3. The third-order valence-corrected chi connectivity index (χ3v) is 6.79. The van der Waals surface area contributed by atoms with Crippen molar-refractivity contribution in [3.8, 4) is 0 Å². The lowest BCUT2D eigenvalue weighted by Gasteiger charge is -2.43. The first kappa shape index (κ1) is 20.3. The van der Waals surface area contributed by atoms with Crippen molar-refractivity contribution in [1.82, 2.24) is 9.80 Å². The van der Waals surface area contributed by atoms with Gasteiger partial charge in [0.05, 0.1) is 11.7 Å². The maximum Gasteiger partial charge on any atom is 0.410 e. The molecular formula is C24H34N2O4. The molecule has 0 N–H and O–H groups in total. The minimum absolute atomic E-state index is 0.0401. The van der Waals surface area contributed by atoms with Crippen LogP contribution in [0.25, 0.3) is 0 Å². The van der Waals surface area contributed by atoms with Gasteiger partial charge in [0.25, 0.3) is 0 Å². The summed E-state index contributed by atoms with van der Waals surface area (Å²) in [6.07, 6.45) is 4.65. The Morgan fingerprint density at radius 3 is 2.47 bits per heavy atom. The number of piperidine rings is 1. The van der Waals surface area contributed by atoms with Gasteiger partial charge in [-0.2, -0.15) is 0 Å². The maximum atomic E-state index is 12.4. The molecule has 0 bridgehead atoms. The Kier molecular flexibility index (Phi) is 5.07. The van der Waals surface area contributed by atoms with E-state index in [9.17, 15) is 4.79 Å². The number of benzene rings is 1. The summed E-state index contributed by atoms with van der Waals surface area (Å²) in [5.74, 6) is 0.484. The fraction of sp³-hybridized carbons (Fsp3) is 0.708. The molecule has 0 aromatic heterocycles. The van der Waals surface area contributed by atoms with Crippen molar-refractivity contribution >= 4 is 6.09 Å². The molecule has 1 saturated carbocycles. The second-order valence-electron chi connectivity index (χ2n) is 10.4. The number of epoxide rings is 1. The normalized spacial score (nSPS) is 31.6. The smallest absolute Gasteiger partial charge is 0.410 e. The molecule has 3 aliphatic heterocycles. The molecule has 4 aliphatic rings. The molecule has 3 saturated heterocycles. The summed E-state index contributed by atoms with van der Waals surface area (Å²) in [5.41, 5.74) is 0.859. The molecule has 164 valence electrons. The minimum atomic E-state index is -0.446. The lowest BCUT2D eigenvalue weighted by molar-refractivity contribution is -0.138. The van der Waals surface area contributed by atoms with Gasteiger partial charge < -0.3 is 19.1 Å². The van der Waals surface area contributed by atoms with Crippen LogP contribution in [-0.2, 0) is 14.2 Å². The summed E-state index contributed by atoms with van der Waals surface area (Å²) in [4.78, 5) is 16.7. The van der Waals surface area contributed by atoms with E-state index in [2.05, 4.69) is 35.2 Å². The second kappa shape index (κ2) is 7.50. The summed E-state index contributed by atoms with van der Waals surface area (Å²) in [6, 6.07) is 10.5. The first-order valence-corrected chi connectivity index (χ1v) is 11.4. The van der Waals surface area contributed by atoms with E-state index < -0.39 is 5.60 Å². The predicted octanol–water partition coefficient (Wildman–Crippen LogP) is 3.96. The van der Waals surface area contributed by atoms with Gasteiger partial charge in [-0.1, -0.05) is 30.3 Å². The summed E-state index contributed by atoms with van der Waals surface area (Å²) >= 11 is 0. The highest BCUT2D eigenvalue weighted by Crippen LogP contribution is 2.50. The fourth-order valence-corrected chi connectivity index (χ4v) is 4.96. The van der Waals surface area contributed by atoms with Crippen LogP contribution < -0.4 is 0 Å². The molecule has 1 spiro atoms. The zero-order valence-electron chi connectivity index (χ0n) is 18.4. The molecule has 1 aliphatic carbocycles. The number of carbonyl (C=O) groups is 1. The van der Waals surface area contributed by atoms with E-state index in [0.717, 1.165) is 51.9 Å². The molecular weight excluding hydrogens is 380 g/mol. The third-order valence-electron chi connectivity index (χ3n) is 6.79. The van der Waals surface area contributed by atoms with E-state index in [1.54, 1.807) is 0 Å². The van der Waals surface area contributed by atoms with Crippen LogP contribution in [-0.4, -0.2) is 65.6 Å². The van der Waals surface area contributed by atoms with Crippen molar-refractivity contribution in [3.05, 3.63) is 35.9 Å². The summed E-state index contributed by atoms with van der Waals surface area (Å²) in [5, 5.41) is 0. The molecule has 1 amide bonds. The van der Waals surface area contributed by atoms with Crippen LogP contribution in [0.3, 0.4) is 0 Å². The molecule has 6 heteroatoms. The second-order valence-corrected chi connectivity index (χ2v) is 10.4. The average molecular weight is 415 g/mol. The van der Waals surface area contributed by atoms with Gasteiger partial charge in [-0.25, -0.2) is 4.79 Å². The Hall–Kier alpha value is -1.63. The standard InChI is InChI=1S/C24H34N2O4/c1-23(2,3)30-22(27)25-13-9-17(10-14-25)19-15-26(16-24(29-19)11-12-24)21-20(28-21)18-7-5-4-6-8-18/h4-8,17,19-21H,9-16H2,1-3H3. The van der Waals surface area contributed by atoms with Gasteiger partial charge in [-0.15, -0.1) is 0 Å². The SMILES string of the molecule is CC(C)(C)OC(=O)N1CCC(C2CN(C3OC3c3ccccc3)CC3(CC3)O2)CC1. The van der Waals surface area contributed by atoms with Gasteiger partial charge in [0.1, 0.15) is 17.9 Å². The van der Waals surface area contributed by atoms with Crippen molar-refractivity contribution in [2.75, 3.05) is 26.2 Å². The Balaban J connectivity index is 1.18. The number of morpholine rings is 1. The number of rotatable bonds is 3. The number of likely N-dealkylation sites (tertiary alicyclic amines) is 1. The minimum Gasteiger partial charge on any atom is -0.444 e. The molecule has 3 atom stereocenters. The number of ether oxygens (including phenoxy) is 3. The van der Waals surface area contributed by atoms with E-state index >= 15 is 0 Å². The van der Waals surface area contributed by atoms with Crippen LogP contribution in [0.4, 0.5) is 4.79 Å². The van der Waals surface area contributed by atoms with Crippen LogP contribution in [0, 0.1) is 5.92 Å².